The second-order valence-corrected chi connectivity index (χ2v) is 21.7. The molecule has 426 valence electrons. The molecule has 0 aromatic carbocycles. The lowest BCUT2D eigenvalue weighted by Gasteiger charge is -2.18. The summed E-state index contributed by atoms with van der Waals surface area (Å²) in [6.45, 7) is 6.52. The van der Waals surface area contributed by atoms with Gasteiger partial charge in [0.25, 0.3) is 0 Å². The summed E-state index contributed by atoms with van der Waals surface area (Å²) >= 11 is 0. The highest BCUT2D eigenvalue weighted by atomic mass is 16.6. The number of hydrogen-bond donors (Lipinski definition) is 0. The van der Waals surface area contributed by atoms with Crippen LogP contribution >= 0.6 is 0 Å². The van der Waals surface area contributed by atoms with E-state index in [4.69, 9.17) is 14.2 Å². The fourth-order valence-corrected chi connectivity index (χ4v) is 9.58. The molecular formula is C67H122O6. The molecule has 0 aliphatic carbocycles. The lowest BCUT2D eigenvalue weighted by atomic mass is 10.0. The monoisotopic (exact) mass is 1020 g/mol. The normalized spacial score (nSPS) is 12.3. The number of allylic oxidation sites excluding steroid dienone is 8. The van der Waals surface area contributed by atoms with Gasteiger partial charge in [-0.25, -0.2) is 0 Å². The molecule has 6 nitrogen and oxygen atoms in total. The molecule has 0 aliphatic heterocycles. The van der Waals surface area contributed by atoms with E-state index < -0.39 is 6.10 Å². The highest BCUT2D eigenvalue weighted by Crippen LogP contribution is 2.18. The SMILES string of the molecule is CC/C=C\C/C=C\C/C=C\C/C=C\CCC(=O)OCC(COC(=O)CCCCCCCCCCCCCCCCCCCCCCCC)OC(=O)CCCCCCCCCCCCCCCCCCCCCC. The Kier molecular flexibility index (Phi) is 59.7. The summed E-state index contributed by atoms with van der Waals surface area (Å²) in [6.07, 6.45) is 77.2. The third-order valence-corrected chi connectivity index (χ3v) is 14.4. The van der Waals surface area contributed by atoms with Crippen molar-refractivity contribution in [1.29, 1.82) is 0 Å². The average molecular weight is 1020 g/mol. The molecule has 0 aliphatic rings. The molecule has 0 heterocycles. The predicted molar refractivity (Wildman–Crippen MR) is 316 cm³/mol. The van der Waals surface area contributed by atoms with Crippen molar-refractivity contribution in [3.8, 4) is 0 Å². The highest BCUT2D eigenvalue weighted by molar-refractivity contribution is 5.71. The van der Waals surface area contributed by atoms with Gasteiger partial charge in [0, 0.05) is 19.3 Å². The third-order valence-electron chi connectivity index (χ3n) is 14.4. The summed E-state index contributed by atoms with van der Waals surface area (Å²) in [4.78, 5) is 38.2. The van der Waals surface area contributed by atoms with E-state index in [9.17, 15) is 14.4 Å². The van der Waals surface area contributed by atoms with Gasteiger partial charge in [-0.3, -0.25) is 14.4 Å². The van der Waals surface area contributed by atoms with Crippen molar-refractivity contribution in [1.82, 2.24) is 0 Å². The van der Waals surface area contributed by atoms with Crippen molar-refractivity contribution >= 4 is 17.9 Å². The minimum Gasteiger partial charge on any atom is -0.462 e. The van der Waals surface area contributed by atoms with Crippen LogP contribution in [0.25, 0.3) is 0 Å². The molecule has 1 atom stereocenters. The summed E-state index contributed by atoms with van der Waals surface area (Å²) in [6, 6.07) is 0. The standard InChI is InChI=1S/C67H122O6/c1-4-7-10-13-16-19-22-25-27-29-31-33-34-36-37-39-42-45-48-51-54-57-60-66(69)72-63-64(62-71-65(68)59-56-53-50-47-44-41-24-21-18-15-12-9-6-3)73-67(70)61-58-55-52-49-46-43-40-38-35-32-30-28-26-23-20-17-14-11-8-5-2/h9,12,18,21,41,44,50,53,64H,4-8,10-11,13-17,19-20,22-40,42-43,45-49,51-52,54-63H2,1-3H3/b12-9-,21-18-,44-41-,53-50-. The van der Waals surface area contributed by atoms with E-state index in [0.717, 1.165) is 64.2 Å². The highest BCUT2D eigenvalue weighted by Gasteiger charge is 2.19. The maximum atomic E-state index is 12.9. The third kappa shape index (κ3) is 60.1. The van der Waals surface area contributed by atoms with E-state index in [1.54, 1.807) is 0 Å². The summed E-state index contributed by atoms with van der Waals surface area (Å²) in [5.74, 6) is -0.952. The van der Waals surface area contributed by atoms with Crippen LogP contribution in [0.3, 0.4) is 0 Å². The van der Waals surface area contributed by atoms with Gasteiger partial charge in [-0.05, 0) is 44.9 Å². The van der Waals surface area contributed by atoms with Crippen molar-refractivity contribution in [2.45, 2.75) is 348 Å². The molecule has 6 heteroatoms. The van der Waals surface area contributed by atoms with Gasteiger partial charge in [0.05, 0.1) is 0 Å². The van der Waals surface area contributed by atoms with Gasteiger partial charge in [-0.2, -0.15) is 0 Å². The number of hydrogen-bond acceptors (Lipinski definition) is 6. The average Bonchev–Trinajstić information content (AvgIpc) is 3.39. The van der Waals surface area contributed by atoms with Crippen molar-refractivity contribution in [3.63, 3.8) is 0 Å². The Morgan fingerprint density at radius 1 is 0.288 bits per heavy atom. The first kappa shape index (κ1) is 70.4. The van der Waals surface area contributed by atoms with Crippen LogP contribution in [0.15, 0.2) is 48.6 Å². The Bertz CT molecular complexity index is 1270. The maximum absolute atomic E-state index is 12.9. The summed E-state index contributed by atoms with van der Waals surface area (Å²) in [7, 11) is 0. The summed E-state index contributed by atoms with van der Waals surface area (Å²) in [5.41, 5.74) is 0. The summed E-state index contributed by atoms with van der Waals surface area (Å²) < 4.78 is 16.9. The second-order valence-electron chi connectivity index (χ2n) is 21.7. The largest absolute Gasteiger partial charge is 0.462 e. The van der Waals surface area contributed by atoms with Crippen LogP contribution in [-0.4, -0.2) is 37.2 Å². The first-order valence-electron chi connectivity index (χ1n) is 32.1. The first-order valence-corrected chi connectivity index (χ1v) is 32.1. The topological polar surface area (TPSA) is 78.9 Å². The van der Waals surface area contributed by atoms with Gasteiger partial charge in [0.1, 0.15) is 13.2 Å². The molecule has 0 radical (unpaired) electrons. The van der Waals surface area contributed by atoms with Gasteiger partial charge >= 0.3 is 17.9 Å². The molecule has 0 rings (SSSR count). The number of carbonyl (C=O) groups is 3. The molecule has 0 aromatic rings. The molecular weight excluding hydrogens is 901 g/mol. The van der Waals surface area contributed by atoms with E-state index in [1.165, 1.54) is 231 Å². The fourth-order valence-electron chi connectivity index (χ4n) is 9.58. The zero-order valence-electron chi connectivity index (χ0n) is 48.9. The predicted octanol–water partition coefficient (Wildman–Crippen LogP) is 21.8. The van der Waals surface area contributed by atoms with Crippen molar-refractivity contribution in [3.05, 3.63) is 48.6 Å². The molecule has 73 heavy (non-hydrogen) atoms. The van der Waals surface area contributed by atoms with Gasteiger partial charge in [-0.1, -0.05) is 326 Å². The molecule has 0 bridgehead atoms. The lowest BCUT2D eigenvalue weighted by molar-refractivity contribution is -0.166. The first-order chi connectivity index (χ1) is 36.0. The molecule has 0 saturated carbocycles. The van der Waals surface area contributed by atoms with Gasteiger partial charge in [0.15, 0.2) is 6.10 Å². The number of unbranched alkanes of at least 4 members (excludes halogenated alkanes) is 40. The van der Waals surface area contributed by atoms with Crippen LogP contribution in [0.2, 0.25) is 0 Å². The molecule has 0 fully saturated rings. The van der Waals surface area contributed by atoms with E-state index in [0.29, 0.717) is 19.3 Å². The van der Waals surface area contributed by atoms with E-state index in [2.05, 4.69) is 63.3 Å². The Hall–Kier alpha value is -2.63. The quantitative estimate of drug-likeness (QED) is 0.0261. The molecule has 0 saturated heterocycles. The number of esters is 3. The van der Waals surface area contributed by atoms with Crippen molar-refractivity contribution in [2.24, 2.45) is 0 Å². The smallest absolute Gasteiger partial charge is 0.306 e. The minimum absolute atomic E-state index is 0.0900. The zero-order valence-corrected chi connectivity index (χ0v) is 48.9. The van der Waals surface area contributed by atoms with Gasteiger partial charge in [0.2, 0.25) is 0 Å². The summed E-state index contributed by atoms with van der Waals surface area (Å²) in [5, 5.41) is 0. The van der Waals surface area contributed by atoms with E-state index >= 15 is 0 Å². The minimum atomic E-state index is -0.799. The molecule has 0 N–H and O–H groups in total. The number of ether oxygens (including phenoxy) is 3. The van der Waals surface area contributed by atoms with Crippen LogP contribution in [0.1, 0.15) is 342 Å². The molecule has 0 spiro atoms. The number of rotatable bonds is 59. The van der Waals surface area contributed by atoms with Crippen molar-refractivity contribution in [2.75, 3.05) is 13.2 Å². The molecule has 0 aromatic heterocycles. The Balaban J connectivity index is 4.30. The van der Waals surface area contributed by atoms with E-state index in [-0.39, 0.29) is 37.5 Å². The second kappa shape index (κ2) is 61.9. The van der Waals surface area contributed by atoms with Crippen LogP contribution in [0.5, 0.6) is 0 Å². The van der Waals surface area contributed by atoms with Crippen LogP contribution in [-0.2, 0) is 28.6 Å². The van der Waals surface area contributed by atoms with Crippen LogP contribution in [0.4, 0.5) is 0 Å². The van der Waals surface area contributed by atoms with Crippen LogP contribution < -0.4 is 0 Å². The molecule has 0 amide bonds. The van der Waals surface area contributed by atoms with Gasteiger partial charge in [-0.15, -0.1) is 0 Å². The molecule has 1 unspecified atom stereocenters. The van der Waals surface area contributed by atoms with Crippen molar-refractivity contribution < 1.29 is 28.6 Å². The fraction of sp³-hybridized carbons (Fsp3) is 0.836. The van der Waals surface area contributed by atoms with Gasteiger partial charge < -0.3 is 14.2 Å². The van der Waals surface area contributed by atoms with E-state index in [1.807, 2.05) is 6.08 Å². The Morgan fingerprint density at radius 2 is 0.534 bits per heavy atom. The lowest BCUT2D eigenvalue weighted by Crippen LogP contribution is -2.30. The van der Waals surface area contributed by atoms with Crippen LogP contribution in [0, 0.1) is 0 Å². The maximum Gasteiger partial charge on any atom is 0.306 e. The Labute approximate surface area is 454 Å². The Morgan fingerprint density at radius 3 is 0.836 bits per heavy atom. The zero-order chi connectivity index (χ0) is 52.9. The number of carbonyl (C=O) groups excluding carboxylic acids is 3.